The Bertz CT molecular complexity index is 374. The van der Waals surface area contributed by atoms with Crippen molar-refractivity contribution in [2.24, 2.45) is 5.73 Å². The molecule has 0 atom stereocenters. The van der Waals surface area contributed by atoms with Gasteiger partial charge in [0.05, 0.1) is 33.0 Å². The molecule has 0 bridgehead atoms. The zero-order valence-corrected chi connectivity index (χ0v) is 12.3. The molecule has 6 heteroatoms. The molecule has 114 valence electrons. The van der Waals surface area contributed by atoms with Gasteiger partial charge in [0, 0.05) is 25.4 Å². The van der Waals surface area contributed by atoms with Crippen LogP contribution in [0.25, 0.3) is 0 Å². The summed E-state index contributed by atoms with van der Waals surface area (Å²) < 4.78 is 21.0. The van der Waals surface area contributed by atoms with E-state index in [9.17, 15) is 0 Å². The summed E-state index contributed by atoms with van der Waals surface area (Å²) in [5.74, 6) is 0.597. The molecule has 1 aromatic heterocycles. The standard InChI is InChI=1S/C14H24N2O4/c1-12-13(11-15)3-4-14(16-12)20-10-9-19-8-7-18-6-5-17-2/h3-4H,5-11,15H2,1-2H3. The van der Waals surface area contributed by atoms with E-state index in [1.54, 1.807) is 7.11 Å². The highest BCUT2D eigenvalue weighted by Crippen LogP contribution is 2.11. The first-order valence-corrected chi connectivity index (χ1v) is 6.71. The Hall–Kier alpha value is -1.21. The monoisotopic (exact) mass is 284 g/mol. The van der Waals surface area contributed by atoms with Gasteiger partial charge in [-0.1, -0.05) is 6.07 Å². The van der Waals surface area contributed by atoms with Crippen LogP contribution in [0.15, 0.2) is 12.1 Å². The van der Waals surface area contributed by atoms with Gasteiger partial charge < -0.3 is 24.7 Å². The molecular weight excluding hydrogens is 260 g/mol. The third kappa shape index (κ3) is 6.81. The van der Waals surface area contributed by atoms with E-state index in [-0.39, 0.29) is 0 Å². The van der Waals surface area contributed by atoms with Crippen LogP contribution in [0, 0.1) is 6.92 Å². The van der Waals surface area contributed by atoms with E-state index in [2.05, 4.69) is 4.98 Å². The van der Waals surface area contributed by atoms with E-state index < -0.39 is 0 Å². The van der Waals surface area contributed by atoms with Crippen LogP contribution in [0.1, 0.15) is 11.3 Å². The van der Waals surface area contributed by atoms with Crippen molar-refractivity contribution >= 4 is 0 Å². The quantitative estimate of drug-likeness (QED) is 0.609. The maximum atomic E-state index is 5.58. The van der Waals surface area contributed by atoms with Crippen molar-refractivity contribution < 1.29 is 18.9 Å². The maximum absolute atomic E-state index is 5.58. The zero-order valence-electron chi connectivity index (χ0n) is 12.3. The van der Waals surface area contributed by atoms with E-state index in [1.807, 2.05) is 19.1 Å². The second-order valence-electron chi connectivity index (χ2n) is 4.16. The van der Waals surface area contributed by atoms with Crippen molar-refractivity contribution in [2.45, 2.75) is 13.5 Å². The number of methoxy groups -OCH3 is 1. The molecule has 0 saturated heterocycles. The van der Waals surface area contributed by atoms with Crippen LogP contribution in [-0.4, -0.2) is 51.7 Å². The zero-order chi connectivity index (χ0) is 14.6. The molecule has 1 heterocycles. The van der Waals surface area contributed by atoms with Crippen LogP contribution in [-0.2, 0) is 20.8 Å². The summed E-state index contributed by atoms with van der Waals surface area (Å²) in [6.45, 7) is 5.69. The summed E-state index contributed by atoms with van der Waals surface area (Å²) in [6, 6.07) is 3.76. The average molecular weight is 284 g/mol. The average Bonchev–Trinajstić information content (AvgIpc) is 2.46. The van der Waals surface area contributed by atoms with Crippen LogP contribution >= 0.6 is 0 Å². The van der Waals surface area contributed by atoms with Gasteiger partial charge in [-0.15, -0.1) is 0 Å². The molecule has 1 aromatic rings. The Morgan fingerprint density at radius 2 is 1.65 bits per heavy atom. The van der Waals surface area contributed by atoms with Gasteiger partial charge in [-0.05, 0) is 12.5 Å². The molecule has 0 fully saturated rings. The highest BCUT2D eigenvalue weighted by molar-refractivity contribution is 5.24. The van der Waals surface area contributed by atoms with Gasteiger partial charge in [-0.2, -0.15) is 0 Å². The van der Waals surface area contributed by atoms with Crippen molar-refractivity contribution in [3.63, 3.8) is 0 Å². The SMILES string of the molecule is COCCOCCOCCOc1ccc(CN)c(C)n1. The second-order valence-corrected chi connectivity index (χ2v) is 4.16. The first-order chi connectivity index (χ1) is 9.77. The number of nitrogens with two attached hydrogens (primary N) is 1. The Balaban J connectivity index is 2.05. The van der Waals surface area contributed by atoms with Gasteiger partial charge in [-0.25, -0.2) is 4.98 Å². The fourth-order valence-corrected chi connectivity index (χ4v) is 1.53. The molecular formula is C14H24N2O4. The van der Waals surface area contributed by atoms with Crippen LogP contribution < -0.4 is 10.5 Å². The minimum absolute atomic E-state index is 0.465. The molecule has 20 heavy (non-hydrogen) atoms. The van der Waals surface area contributed by atoms with Crippen molar-refractivity contribution in [2.75, 3.05) is 46.8 Å². The number of aryl methyl sites for hydroxylation is 1. The van der Waals surface area contributed by atoms with Crippen LogP contribution in [0.2, 0.25) is 0 Å². The van der Waals surface area contributed by atoms with E-state index >= 15 is 0 Å². The molecule has 0 aromatic carbocycles. The number of hydrogen-bond donors (Lipinski definition) is 1. The second kappa shape index (κ2) is 10.6. The maximum Gasteiger partial charge on any atom is 0.213 e. The molecule has 0 radical (unpaired) electrons. The first kappa shape index (κ1) is 16.8. The third-order valence-electron chi connectivity index (χ3n) is 2.67. The summed E-state index contributed by atoms with van der Waals surface area (Å²) in [6.07, 6.45) is 0. The fourth-order valence-electron chi connectivity index (χ4n) is 1.53. The number of ether oxygens (including phenoxy) is 4. The molecule has 0 spiro atoms. The number of pyridine rings is 1. The Kier molecular flexibility index (Phi) is 8.90. The molecule has 0 aliphatic rings. The lowest BCUT2D eigenvalue weighted by molar-refractivity contribution is 0.0176. The summed E-state index contributed by atoms with van der Waals surface area (Å²) >= 11 is 0. The van der Waals surface area contributed by atoms with Gasteiger partial charge >= 0.3 is 0 Å². The molecule has 6 nitrogen and oxygen atoms in total. The normalized spacial score (nSPS) is 10.8. The number of rotatable bonds is 11. The molecule has 0 aliphatic heterocycles. The lowest BCUT2D eigenvalue weighted by Gasteiger charge is -2.09. The lowest BCUT2D eigenvalue weighted by Crippen LogP contribution is -2.13. The minimum Gasteiger partial charge on any atom is -0.475 e. The fraction of sp³-hybridized carbons (Fsp3) is 0.643. The van der Waals surface area contributed by atoms with Gasteiger partial charge in [0.25, 0.3) is 0 Å². The smallest absolute Gasteiger partial charge is 0.213 e. The summed E-state index contributed by atoms with van der Waals surface area (Å²) in [5.41, 5.74) is 7.51. The predicted octanol–water partition coefficient (Wildman–Crippen LogP) is 0.907. The van der Waals surface area contributed by atoms with Gasteiger partial charge in [0.1, 0.15) is 6.61 Å². The number of aromatic nitrogens is 1. The van der Waals surface area contributed by atoms with Gasteiger partial charge in [0.15, 0.2) is 0 Å². The topological polar surface area (TPSA) is 75.8 Å². The minimum atomic E-state index is 0.465. The van der Waals surface area contributed by atoms with E-state index in [1.165, 1.54) is 0 Å². The van der Waals surface area contributed by atoms with E-state index in [0.717, 1.165) is 11.3 Å². The summed E-state index contributed by atoms with van der Waals surface area (Å²) in [7, 11) is 1.65. The lowest BCUT2D eigenvalue weighted by atomic mass is 10.2. The summed E-state index contributed by atoms with van der Waals surface area (Å²) in [5, 5.41) is 0. The first-order valence-electron chi connectivity index (χ1n) is 6.71. The Morgan fingerprint density at radius 3 is 2.25 bits per heavy atom. The molecule has 0 unspecified atom stereocenters. The number of hydrogen-bond acceptors (Lipinski definition) is 6. The Labute approximate surface area is 120 Å². The molecule has 1 rings (SSSR count). The highest BCUT2D eigenvalue weighted by Gasteiger charge is 2.01. The number of nitrogens with zero attached hydrogens (tertiary/aromatic N) is 1. The highest BCUT2D eigenvalue weighted by atomic mass is 16.6. The van der Waals surface area contributed by atoms with E-state index in [4.69, 9.17) is 24.7 Å². The molecule has 0 saturated carbocycles. The van der Waals surface area contributed by atoms with Crippen molar-refractivity contribution in [1.82, 2.24) is 4.98 Å². The van der Waals surface area contributed by atoms with Crippen LogP contribution in [0.4, 0.5) is 0 Å². The summed E-state index contributed by atoms with van der Waals surface area (Å²) in [4.78, 5) is 4.32. The largest absolute Gasteiger partial charge is 0.475 e. The van der Waals surface area contributed by atoms with Crippen LogP contribution in [0.3, 0.4) is 0 Å². The molecule has 0 amide bonds. The van der Waals surface area contributed by atoms with Gasteiger partial charge in [0.2, 0.25) is 5.88 Å². The van der Waals surface area contributed by atoms with Crippen molar-refractivity contribution in [3.8, 4) is 5.88 Å². The predicted molar refractivity (Wildman–Crippen MR) is 75.9 cm³/mol. The third-order valence-corrected chi connectivity index (χ3v) is 2.67. The van der Waals surface area contributed by atoms with E-state index in [0.29, 0.717) is 52.1 Å². The van der Waals surface area contributed by atoms with Crippen LogP contribution in [0.5, 0.6) is 5.88 Å². The van der Waals surface area contributed by atoms with Gasteiger partial charge in [-0.3, -0.25) is 0 Å². The van der Waals surface area contributed by atoms with Crippen molar-refractivity contribution in [1.29, 1.82) is 0 Å². The Morgan fingerprint density at radius 1 is 1.00 bits per heavy atom. The van der Waals surface area contributed by atoms with Crippen molar-refractivity contribution in [3.05, 3.63) is 23.4 Å². The molecule has 2 N–H and O–H groups in total. The molecule has 0 aliphatic carbocycles.